The number of nitrogens with one attached hydrogen (secondary N) is 1. The summed E-state index contributed by atoms with van der Waals surface area (Å²) in [6.45, 7) is 0. The molecule has 0 amide bonds. The van der Waals surface area contributed by atoms with E-state index in [4.69, 9.17) is 4.74 Å². The fourth-order valence-corrected chi connectivity index (χ4v) is 3.74. The average molecular weight is 365 g/mol. The molecule has 1 unspecified atom stereocenters. The summed E-state index contributed by atoms with van der Waals surface area (Å²) in [7, 11) is 0. The summed E-state index contributed by atoms with van der Waals surface area (Å²) < 4.78 is 45.7. The summed E-state index contributed by atoms with van der Waals surface area (Å²) in [5, 5.41) is 4.43. The molecule has 0 bridgehead atoms. The number of carbonyl (C=O) groups is 1. The number of rotatable bonds is 4. The lowest BCUT2D eigenvalue weighted by Gasteiger charge is -2.12. The maximum Gasteiger partial charge on any atom is 0.417 e. The van der Waals surface area contributed by atoms with Crippen LogP contribution in [-0.4, -0.2) is 11.8 Å². The van der Waals surface area contributed by atoms with E-state index in [1.807, 2.05) is 6.07 Å². The van der Waals surface area contributed by atoms with Crippen LogP contribution in [0.15, 0.2) is 47.7 Å². The van der Waals surface area contributed by atoms with Crippen LogP contribution in [0, 0.1) is 0 Å². The largest absolute Gasteiger partial charge is 0.462 e. The Morgan fingerprint density at radius 1 is 1.12 bits per heavy atom. The van der Waals surface area contributed by atoms with Crippen LogP contribution in [0.2, 0.25) is 0 Å². The zero-order valence-electron chi connectivity index (χ0n) is 13.0. The van der Waals surface area contributed by atoms with Crippen molar-refractivity contribution < 1.29 is 22.7 Å². The summed E-state index contributed by atoms with van der Waals surface area (Å²) in [6.07, 6.45) is -3.60. The molecular formula is C18H14F3NO2S. The predicted octanol–water partition coefficient (Wildman–Crippen LogP) is 4.53. The number of thiophene rings is 1. The Labute approximate surface area is 146 Å². The summed E-state index contributed by atoms with van der Waals surface area (Å²) in [6, 6.07) is 9.97. The molecule has 1 atom stereocenters. The standard InChI is InChI=1S/C18H14F3NO2S/c19-18(20,21)12-8-9-25-16(12)13-14(23)15(10-4-2-1-3-5-10)24-17(13)22-11-6-7-11/h1-5,8-9,11,15,22H,6-7H2. The van der Waals surface area contributed by atoms with Crippen molar-refractivity contribution >= 4 is 22.7 Å². The zero-order valence-corrected chi connectivity index (χ0v) is 13.8. The number of Topliss-reactive ketones (excluding diaryl/α,β-unsaturated/α-hetero) is 1. The van der Waals surface area contributed by atoms with Gasteiger partial charge in [0, 0.05) is 11.6 Å². The maximum absolute atomic E-state index is 13.3. The van der Waals surface area contributed by atoms with Gasteiger partial charge in [0.1, 0.15) is 0 Å². The van der Waals surface area contributed by atoms with Crippen LogP contribution in [0.25, 0.3) is 5.57 Å². The second-order valence-corrected chi connectivity index (χ2v) is 6.97. The van der Waals surface area contributed by atoms with Gasteiger partial charge in [0.25, 0.3) is 0 Å². The van der Waals surface area contributed by atoms with Gasteiger partial charge >= 0.3 is 6.18 Å². The second kappa shape index (κ2) is 5.91. The quantitative estimate of drug-likeness (QED) is 0.865. The van der Waals surface area contributed by atoms with E-state index < -0.39 is 23.6 Å². The van der Waals surface area contributed by atoms with Crippen LogP contribution in [-0.2, 0) is 15.7 Å². The molecule has 1 saturated carbocycles. The van der Waals surface area contributed by atoms with E-state index >= 15 is 0 Å². The van der Waals surface area contributed by atoms with Gasteiger partial charge in [-0.15, -0.1) is 11.3 Å². The van der Waals surface area contributed by atoms with Gasteiger partial charge in [0.05, 0.1) is 16.0 Å². The molecule has 4 rings (SSSR count). The molecule has 2 aromatic rings. The van der Waals surface area contributed by atoms with E-state index in [0.29, 0.717) is 5.56 Å². The third-order valence-corrected chi connectivity index (χ3v) is 5.09. The minimum atomic E-state index is -4.52. The van der Waals surface area contributed by atoms with E-state index in [9.17, 15) is 18.0 Å². The van der Waals surface area contributed by atoms with Gasteiger partial charge in [-0.2, -0.15) is 13.2 Å². The molecule has 1 aromatic heterocycles. The molecule has 0 spiro atoms. The lowest BCUT2D eigenvalue weighted by molar-refractivity contribution is -0.137. The van der Waals surface area contributed by atoms with Gasteiger partial charge in [-0.25, -0.2) is 0 Å². The van der Waals surface area contributed by atoms with Crippen LogP contribution in [0.4, 0.5) is 13.2 Å². The third kappa shape index (κ3) is 3.04. The summed E-state index contributed by atoms with van der Waals surface area (Å²) in [4.78, 5) is 12.8. The van der Waals surface area contributed by atoms with Crippen LogP contribution >= 0.6 is 11.3 Å². The monoisotopic (exact) mass is 365 g/mol. The highest BCUT2D eigenvalue weighted by Crippen LogP contribution is 2.45. The topological polar surface area (TPSA) is 38.3 Å². The Balaban J connectivity index is 1.76. The number of benzene rings is 1. The molecule has 1 fully saturated rings. The van der Waals surface area contributed by atoms with E-state index in [2.05, 4.69) is 5.32 Å². The van der Waals surface area contributed by atoms with E-state index in [-0.39, 0.29) is 22.4 Å². The molecule has 130 valence electrons. The van der Waals surface area contributed by atoms with Gasteiger partial charge in [-0.3, -0.25) is 4.79 Å². The fourth-order valence-electron chi connectivity index (χ4n) is 2.78. The minimum Gasteiger partial charge on any atom is -0.462 e. The number of halogens is 3. The van der Waals surface area contributed by atoms with Gasteiger partial charge in [-0.1, -0.05) is 30.3 Å². The van der Waals surface area contributed by atoms with Crippen LogP contribution < -0.4 is 5.32 Å². The first kappa shape index (κ1) is 16.2. The van der Waals surface area contributed by atoms with Crippen molar-refractivity contribution in [3.63, 3.8) is 0 Å². The normalized spacial score (nSPS) is 20.8. The highest BCUT2D eigenvalue weighted by Gasteiger charge is 2.44. The Morgan fingerprint density at radius 2 is 1.84 bits per heavy atom. The van der Waals surface area contributed by atoms with Gasteiger partial charge in [0.15, 0.2) is 6.10 Å². The van der Waals surface area contributed by atoms with Crippen molar-refractivity contribution in [1.29, 1.82) is 0 Å². The number of alkyl halides is 3. The molecule has 1 N–H and O–H groups in total. The lowest BCUT2D eigenvalue weighted by Crippen LogP contribution is -2.17. The smallest absolute Gasteiger partial charge is 0.417 e. The van der Waals surface area contributed by atoms with Crippen LogP contribution in [0.3, 0.4) is 0 Å². The zero-order chi connectivity index (χ0) is 17.6. The molecule has 0 saturated heterocycles. The van der Waals surface area contributed by atoms with Gasteiger partial charge in [0.2, 0.25) is 11.7 Å². The van der Waals surface area contributed by atoms with Crippen molar-refractivity contribution in [3.05, 3.63) is 63.7 Å². The molecule has 1 aromatic carbocycles. The molecule has 1 aliphatic heterocycles. The number of ketones is 1. The number of carbonyl (C=O) groups excluding carboxylic acids is 1. The Morgan fingerprint density at radius 3 is 2.48 bits per heavy atom. The van der Waals surface area contributed by atoms with Crippen molar-refractivity contribution in [2.75, 3.05) is 0 Å². The molecule has 2 heterocycles. The SMILES string of the molecule is O=C1C(c2sccc2C(F)(F)F)=C(NC2CC2)OC1c1ccccc1. The highest BCUT2D eigenvalue weighted by atomic mass is 32.1. The Bertz CT molecular complexity index is 838. The number of hydrogen-bond donors (Lipinski definition) is 1. The summed E-state index contributed by atoms with van der Waals surface area (Å²) in [5.74, 6) is -0.281. The van der Waals surface area contributed by atoms with Crippen molar-refractivity contribution in [2.45, 2.75) is 31.2 Å². The van der Waals surface area contributed by atoms with E-state index in [1.54, 1.807) is 24.3 Å². The van der Waals surface area contributed by atoms with Crippen LogP contribution in [0.5, 0.6) is 0 Å². The van der Waals surface area contributed by atoms with E-state index in [1.165, 1.54) is 5.38 Å². The molecule has 1 aliphatic carbocycles. The summed E-state index contributed by atoms with van der Waals surface area (Å²) in [5.41, 5.74) is -0.168. The molecule has 7 heteroatoms. The third-order valence-electron chi connectivity index (χ3n) is 4.16. The number of ether oxygens (including phenoxy) is 1. The minimum absolute atomic E-state index is 0.00285. The van der Waals surface area contributed by atoms with Gasteiger partial charge in [-0.05, 0) is 24.3 Å². The highest BCUT2D eigenvalue weighted by molar-refractivity contribution is 7.11. The van der Waals surface area contributed by atoms with Crippen molar-refractivity contribution in [3.8, 4) is 0 Å². The number of hydrogen-bond acceptors (Lipinski definition) is 4. The molecular weight excluding hydrogens is 351 g/mol. The maximum atomic E-state index is 13.3. The summed E-state index contributed by atoms with van der Waals surface area (Å²) >= 11 is 0.907. The lowest BCUT2D eigenvalue weighted by atomic mass is 9.99. The van der Waals surface area contributed by atoms with Gasteiger partial charge < -0.3 is 10.1 Å². The van der Waals surface area contributed by atoms with Crippen LogP contribution in [0.1, 0.15) is 34.9 Å². The van der Waals surface area contributed by atoms with Crippen molar-refractivity contribution in [2.24, 2.45) is 0 Å². The first-order valence-electron chi connectivity index (χ1n) is 7.87. The second-order valence-electron chi connectivity index (χ2n) is 6.06. The molecule has 2 aliphatic rings. The molecule has 0 radical (unpaired) electrons. The predicted molar refractivity (Wildman–Crippen MR) is 87.7 cm³/mol. The van der Waals surface area contributed by atoms with E-state index in [0.717, 1.165) is 30.2 Å². The Hall–Kier alpha value is -2.28. The fraction of sp³-hybridized carbons (Fsp3) is 0.278. The molecule has 3 nitrogen and oxygen atoms in total. The molecule has 25 heavy (non-hydrogen) atoms. The average Bonchev–Trinajstić information content (AvgIpc) is 3.13. The first-order valence-corrected chi connectivity index (χ1v) is 8.75. The first-order chi connectivity index (χ1) is 11.9. The Kier molecular flexibility index (Phi) is 3.83. The van der Waals surface area contributed by atoms with Crippen molar-refractivity contribution in [1.82, 2.24) is 5.32 Å².